The molecule has 3 heteroatoms. The summed E-state index contributed by atoms with van der Waals surface area (Å²) in [6.07, 6.45) is 5.77. The molecule has 94 valence electrons. The molecule has 0 aromatic carbocycles. The third kappa shape index (κ3) is 2.60. The summed E-state index contributed by atoms with van der Waals surface area (Å²) in [5, 5.41) is 0. The lowest BCUT2D eigenvalue weighted by Gasteiger charge is -2.25. The Morgan fingerprint density at radius 2 is 2.35 bits per heavy atom. The van der Waals surface area contributed by atoms with Gasteiger partial charge in [0.1, 0.15) is 0 Å². The van der Waals surface area contributed by atoms with Crippen LogP contribution in [0.3, 0.4) is 0 Å². The van der Waals surface area contributed by atoms with Crippen LogP contribution in [0.4, 0.5) is 0 Å². The van der Waals surface area contributed by atoms with E-state index in [1.165, 1.54) is 43.5 Å². The molecule has 1 aromatic heterocycles. The van der Waals surface area contributed by atoms with E-state index in [-0.39, 0.29) is 0 Å². The van der Waals surface area contributed by atoms with Gasteiger partial charge in [-0.05, 0) is 50.4 Å². The lowest BCUT2D eigenvalue weighted by Crippen LogP contribution is -2.24. The van der Waals surface area contributed by atoms with Gasteiger partial charge in [0, 0.05) is 18.3 Å². The van der Waals surface area contributed by atoms with Crippen LogP contribution < -0.4 is 4.74 Å². The largest absolute Gasteiger partial charge is 0.481 e. The van der Waals surface area contributed by atoms with E-state index in [1.54, 1.807) is 7.11 Å². The topological polar surface area (TPSA) is 25.4 Å². The Kier molecular flexibility index (Phi) is 4.00. The van der Waals surface area contributed by atoms with Crippen LogP contribution in [0.25, 0.3) is 0 Å². The number of methoxy groups -OCH3 is 1. The Bertz CT molecular complexity index is 378. The number of nitrogens with zero attached hydrogens (tertiary/aromatic N) is 2. The van der Waals surface area contributed by atoms with Gasteiger partial charge in [0.25, 0.3) is 0 Å². The normalized spacial score (nSPS) is 20.8. The van der Waals surface area contributed by atoms with Gasteiger partial charge in [0.05, 0.1) is 7.11 Å². The van der Waals surface area contributed by atoms with Gasteiger partial charge in [-0.3, -0.25) is 4.90 Å². The van der Waals surface area contributed by atoms with Crippen molar-refractivity contribution < 1.29 is 4.74 Å². The van der Waals surface area contributed by atoms with Crippen LogP contribution in [0, 0.1) is 6.92 Å². The lowest BCUT2D eigenvalue weighted by molar-refractivity contribution is 0.256. The van der Waals surface area contributed by atoms with Gasteiger partial charge < -0.3 is 4.74 Å². The zero-order valence-corrected chi connectivity index (χ0v) is 11.1. The maximum absolute atomic E-state index is 5.16. The summed E-state index contributed by atoms with van der Waals surface area (Å²) < 4.78 is 5.16. The van der Waals surface area contributed by atoms with Crippen molar-refractivity contribution in [3.8, 4) is 5.88 Å². The number of rotatable bonds is 4. The lowest BCUT2D eigenvalue weighted by atomic mass is 10.0. The zero-order valence-electron chi connectivity index (χ0n) is 11.1. The molecule has 1 atom stereocenters. The second-order valence-corrected chi connectivity index (χ2v) is 4.78. The molecule has 0 unspecified atom stereocenters. The first-order chi connectivity index (χ1) is 8.26. The first-order valence-corrected chi connectivity index (χ1v) is 6.50. The van der Waals surface area contributed by atoms with Crippen LogP contribution in [-0.4, -0.2) is 30.1 Å². The summed E-state index contributed by atoms with van der Waals surface area (Å²) >= 11 is 0. The van der Waals surface area contributed by atoms with Crippen molar-refractivity contribution in [2.75, 3.05) is 20.2 Å². The van der Waals surface area contributed by atoms with Crippen molar-refractivity contribution in [3.63, 3.8) is 0 Å². The summed E-state index contributed by atoms with van der Waals surface area (Å²) in [6.45, 7) is 6.82. The number of aryl methyl sites for hydroxylation is 1. The monoisotopic (exact) mass is 234 g/mol. The molecule has 17 heavy (non-hydrogen) atoms. The SMILES string of the molecule is CCCN1CCC[C@H]1c1cnc(OC)cc1C. The van der Waals surface area contributed by atoms with Gasteiger partial charge in [-0.25, -0.2) is 4.98 Å². The van der Waals surface area contributed by atoms with Crippen LogP contribution in [0.2, 0.25) is 0 Å². The molecule has 0 spiro atoms. The first kappa shape index (κ1) is 12.4. The number of aromatic nitrogens is 1. The molecule has 2 rings (SSSR count). The highest BCUT2D eigenvalue weighted by molar-refractivity contribution is 5.31. The van der Waals surface area contributed by atoms with Crippen LogP contribution in [-0.2, 0) is 0 Å². The smallest absolute Gasteiger partial charge is 0.213 e. The molecule has 1 aromatic rings. The predicted molar refractivity (Wildman–Crippen MR) is 69.4 cm³/mol. The van der Waals surface area contributed by atoms with Gasteiger partial charge in [-0.15, -0.1) is 0 Å². The molecule has 0 aliphatic carbocycles. The summed E-state index contributed by atoms with van der Waals surface area (Å²) in [7, 11) is 1.67. The number of hydrogen-bond acceptors (Lipinski definition) is 3. The molecule has 0 N–H and O–H groups in total. The minimum absolute atomic E-state index is 0.563. The van der Waals surface area contributed by atoms with Crippen molar-refractivity contribution in [1.82, 2.24) is 9.88 Å². The second-order valence-electron chi connectivity index (χ2n) is 4.78. The van der Waals surface area contributed by atoms with Crippen LogP contribution >= 0.6 is 0 Å². The van der Waals surface area contributed by atoms with Gasteiger partial charge in [0.15, 0.2) is 0 Å². The minimum atomic E-state index is 0.563. The maximum Gasteiger partial charge on any atom is 0.213 e. The predicted octanol–water partition coefficient (Wildman–Crippen LogP) is 2.95. The molecular formula is C14H22N2O. The molecule has 1 fully saturated rings. The fourth-order valence-corrected chi connectivity index (χ4v) is 2.73. The van der Waals surface area contributed by atoms with Crippen molar-refractivity contribution in [2.45, 2.75) is 39.2 Å². The van der Waals surface area contributed by atoms with Crippen molar-refractivity contribution in [1.29, 1.82) is 0 Å². The van der Waals surface area contributed by atoms with Crippen LogP contribution in [0.5, 0.6) is 5.88 Å². The third-order valence-corrected chi connectivity index (χ3v) is 3.57. The van der Waals surface area contributed by atoms with E-state index in [0.29, 0.717) is 11.9 Å². The fourth-order valence-electron chi connectivity index (χ4n) is 2.73. The molecule has 0 bridgehead atoms. The van der Waals surface area contributed by atoms with E-state index in [2.05, 4.69) is 23.7 Å². The summed E-state index contributed by atoms with van der Waals surface area (Å²) in [4.78, 5) is 6.93. The average molecular weight is 234 g/mol. The number of hydrogen-bond donors (Lipinski definition) is 0. The van der Waals surface area contributed by atoms with E-state index in [4.69, 9.17) is 4.74 Å². The Morgan fingerprint density at radius 1 is 1.53 bits per heavy atom. The Hall–Kier alpha value is -1.09. The standard InChI is InChI=1S/C14H22N2O/c1-4-7-16-8-5-6-13(16)12-10-15-14(17-3)9-11(12)2/h9-10,13H,4-8H2,1-3H3/t13-/m0/s1. The molecule has 2 heterocycles. The van der Waals surface area contributed by atoms with Gasteiger partial charge in [-0.2, -0.15) is 0 Å². The molecule has 1 saturated heterocycles. The molecule has 3 nitrogen and oxygen atoms in total. The number of likely N-dealkylation sites (tertiary alicyclic amines) is 1. The van der Waals surface area contributed by atoms with E-state index >= 15 is 0 Å². The van der Waals surface area contributed by atoms with Gasteiger partial charge in [0.2, 0.25) is 5.88 Å². The Balaban J connectivity index is 2.21. The quantitative estimate of drug-likeness (QED) is 0.801. The molecule has 0 saturated carbocycles. The summed E-state index contributed by atoms with van der Waals surface area (Å²) in [5.41, 5.74) is 2.67. The number of pyridine rings is 1. The average Bonchev–Trinajstić information content (AvgIpc) is 2.77. The fraction of sp³-hybridized carbons (Fsp3) is 0.643. The Morgan fingerprint density at radius 3 is 3.00 bits per heavy atom. The van der Waals surface area contributed by atoms with Crippen molar-refractivity contribution in [3.05, 3.63) is 23.4 Å². The van der Waals surface area contributed by atoms with E-state index in [0.717, 1.165) is 0 Å². The zero-order chi connectivity index (χ0) is 12.3. The summed E-state index contributed by atoms with van der Waals surface area (Å²) in [6, 6.07) is 2.60. The first-order valence-electron chi connectivity index (χ1n) is 6.50. The molecule has 1 aliphatic heterocycles. The van der Waals surface area contributed by atoms with Crippen molar-refractivity contribution in [2.24, 2.45) is 0 Å². The molecule has 0 amide bonds. The second kappa shape index (κ2) is 5.50. The van der Waals surface area contributed by atoms with Crippen LogP contribution in [0.1, 0.15) is 43.4 Å². The highest BCUT2D eigenvalue weighted by Crippen LogP contribution is 2.33. The van der Waals surface area contributed by atoms with Crippen molar-refractivity contribution >= 4 is 0 Å². The van der Waals surface area contributed by atoms with E-state index in [1.807, 2.05) is 12.3 Å². The highest BCUT2D eigenvalue weighted by Gasteiger charge is 2.26. The molecule has 0 radical (unpaired) electrons. The maximum atomic E-state index is 5.16. The van der Waals surface area contributed by atoms with E-state index < -0.39 is 0 Å². The summed E-state index contributed by atoms with van der Waals surface area (Å²) in [5.74, 6) is 0.714. The Labute approximate surface area is 104 Å². The van der Waals surface area contributed by atoms with E-state index in [9.17, 15) is 0 Å². The van der Waals surface area contributed by atoms with Crippen LogP contribution in [0.15, 0.2) is 12.3 Å². The molecule has 1 aliphatic rings. The highest BCUT2D eigenvalue weighted by atomic mass is 16.5. The number of ether oxygens (including phenoxy) is 1. The van der Waals surface area contributed by atoms with Gasteiger partial charge >= 0.3 is 0 Å². The third-order valence-electron chi connectivity index (χ3n) is 3.57. The molecular weight excluding hydrogens is 212 g/mol. The minimum Gasteiger partial charge on any atom is -0.481 e. The van der Waals surface area contributed by atoms with Gasteiger partial charge in [-0.1, -0.05) is 6.92 Å².